The molecule has 3 rings (SSSR count). The van der Waals surface area contributed by atoms with Crippen LogP contribution in [-0.2, 0) is 11.8 Å². The van der Waals surface area contributed by atoms with Crippen LogP contribution >= 0.6 is 0 Å². The van der Waals surface area contributed by atoms with Gasteiger partial charge in [0.2, 0.25) is 0 Å². The molecule has 7 heteroatoms. The van der Waals surface area contributed by atoms with E-state index in [-0.39, 0.29) is 18.8 Å². The smallest absolute Gasteiger partial charge is 0.331 e. The first-order valence-corrected chi connectivity index (χ1v) is 6.81. The zero-order valence-electron chi connectivity index (χ0n) is 12.0. The maximum absolute atomic E-state index is 12.6. The summed E-state index contributed by atoms with van der Waals surface area (Å²) in [4.78, 5) is 29.7. The van der Waals surface area contributed by atoms with Crippen molar-refractivity contribution in [3.05, 3.63) is 48.0 Å². The Kier molecular flexibility index (Phi) is 3.54. The molecule has 0 fully saturated rings. The topological polar surface area (TPSA) is 84.7 Å². The predicted molar refractivity (Wildman–Crippen MR) is 76.6 cm³/mol. The fourth-order valence-electron chi connectivity index (χ4n) is 2.54. The number of imidazole rings is 1. The number of aromatic nitrogens is 2. The number of aryl methyl sites for hydroxylation is 1. The Morgan fingerprint density at radius 2 is 2.14 bits per heavy atom. The summed E-state index contributed by atoms with van der Waals surface area (Å²) in [5, 5.41) is 9.61. The van der Waals surface area contributed by atoms with Gasteiger partial charge in [-0.1, -0.05) is 18.2 Å². The van der Waals surface area contributed by atoms with Crippen molar-refractivity contribution in [2.24, 2.45) is 7.05 Å². The first-order chi connectivity index (χ1) is 10.6. The molecule has 0 saturated heterocycles. The van der Waals surface area contributed by atoms with E-state index in [9.17, 15) is 14.7 Å². The Balaban J connectivity index is 2.03. The minimum Gasteiger partial charge on any atom is -0.491 e. The predicted octanol–water partition coefficient (Wildman–Crippen LogP) is 1.08. The third-order valence-electron chi connectivity index (χ3n) is 3.53. The number of carbonyl (C=O) groups is 2. The molecule has 7 nitrogen and oxygen atoms in total. The van der Waals surface area contributed by atoms with E-state index < -0.39 is 17.9 Å². The van der Waals surface area contributed by atoms with Crippen LogP contribution in [0.1, 0.15) is 22.1 Å². The van der Waals surface area contributed by atoms with Crippen molar-refractivity contribution in [3.63, 3.8) is 0 Å². The highest BCUT2D eigenvalue weighted by molar-refractivity contribution is 5.95. The number of fused-ring (bicyclic) bond motifs is 1. The number of amides is 1. The van der Waals surface area contributed by atoms with E-state index in [0.29, 0.717) is 11.3 Å². The summed E-state index contributed by atoms with van der Waals surface area (Å²) >= 11 is 0. The molecule has 2 aromatic rings. The number of aliphatic carboxylic acids is 1. The van der Waals surface area contributed by atoms with E-state index >= 15 is 0 Å². The summed E-state index contributed by atoms with van der Waals surface area (Å²) in [5.41, 5.74) is 0.685. The van der Waals surface area contributed by atoms with Crippen LogP contribution in [-0.4, -0.2) is 44.6 Å². The summed E-state index contributed by atoms with van der Waals surface area (Å²) in [6.07, 6.45) is 3.07. The lowest BCUT2D eigenvalue weighted by Crippen LogP contribution is -2.40. The Morgan fingerprint density at radius 1 is 1.36 bits per heavy atom. The molecule has 0 spiro atoms. The molecule has 1 unspecified atom stereocenters. The number of carboxylic acids is 1. The first-order valence-electron chi connectivity index (χ1n) is 6.81. The summed E-state index contributed by atoms with van der Waals surface area (Å²) < 4.78 is 7.21. The van der Waals surface area contributed by atoms with E-state index in [1.54, 1.807) is 42.1 Å². The van der Waals surface area contributed by atoms with Crippen LogP contribution in [0.4, 0.5) is 0 Å². The van der Waals surface area contributed by atoms with Crippen molar-refractivity contribution in [2.75, 3.05) is 13.2 Å². The summed E-state index contributed by atoms with van der Waals surface area (Å²) in [6.45, 7) is 0.417. The molecule has 0 saturated carbocycles. The molecule has 1 aliphatic rings. The van der Waals surface area contributed by atoms with E-state index in [4.69, 9.17) is 4.74 Å². The maximum atomic E-state index is 12.6. The third-order valence-corrected chi connectivity index (χ3v) is 3.53. The number of nitrogens with zero attached hydrogens (tertiary/aromatic N) is 3. The zero-order chi connectivity index (χ0) is 15.7. The number of para-hydroxylation sites is 1. The Bertz CT molecular complexity index is 725. The van der Waals surface area contributed by atoms with Crippen molar-refractivity contribution in [1.29, 1.82) is 0 Å². The highest BCUT2D eigenvalue weighted by Gasteiger charge is 2.36. The number of benzene rings is 1. The quantitative estimate of drug-likeness (QED) is 0.897. The average molecular weight is 301 g/mol. The summed E-state index contributed by atoms with van der Waals surface area (Å²) in [6, 6.07) is 5.78. The number of carboxylic acid groups (broad SMARTS) is 1. The van der Waals surface area contributed by atoms with Gasteiger partial charge >= 0.3 is 5.97 Å². The molecule has 114 valence electrons. The molecule has 1 atom stereocenters. The van der Waals surface area contributed by atoms with Crippen molar-refractivity contribution in [2.45, 2.75) is 6.04 Å². The number of rotatable bonds is 2. The van der Waals surface area contributed by atoms with Gasteiger partial charge in [0.1, 0.15) is 18.1 Å². The molecular formula is C15H15N3O4. The van der Waals surface area contributed by atoms with E-state index in [0.717, 1.165) is 0 Å². The maximum Gasteiger partial charge on any atom is 0.331 e. The van der Waals surface area contributed by atoms with Crippen LogP contribution in [0.2, 0.25) is 0 Å². The lowest BCUT2D eigenvalue weighted by atomic mass is 10.0. The SMILES string of the molecule is Cn1cnc(C(=O)N2CCOc3ccccc3C2C(=O)O)c1. The van der Waals surface area contributed by atoms with Crippen molar-refractivity contribution in [3.8, 4) is 5.75 Å². The van der Waals surface area contributed by atoms with Gasteiger partial charge in [-0.15, -0.1) is 0 Å². The Labute approximate surface area is 126 Å². The first kappa shape index (κ1) is 14.1. The average Bonchev–Trinajstić information content (AvgIpc) is 2.83. The molecule has 0 aliphatic carbocycles. The second-order valence-corrected chi connectivity index (χ2v) is 5.05. The van der Waals surface area contributed by atoms with Gasteiger partial charge in [-0.3, -0.25) is 4.79 Å². The molecule has 1 aromatic heterocycles. The van der Waals surface area contributed by atoms with Gasteiger partial charge in [0.15, 0.2) is 6.04 Å². The van der Waals surface area contributed by atoms with Crippen molar-refractivity contribution < 1.29 is 19.4 Å². The Morgan fingerprint density at radius 3 is 2.82 bits per heavy atom. The summed E-state index contributed by atoms with van der Waals surface area (Å²) in [5.74, 6) is -1.03. The lowest BCUT2D eigenvalue weighted by molar-refractivity contribution is -0.142. The van der Waals surface area contributed by atoms with Crippen LogP contribution in [0.5, 0.6) is 5.75 Å². The fraction of sp³-hybridized carbons (Fsp3) is 0.267. The minimum absolute atomic E-state index is 0.182. The molecule has 22 heavy (non-hydrogen) atoms. The molecule has 1 N–H and O–H groups in total. The van der Waals surface area contributed by atoms with E-state index in [1.165, 1.54) is 11.2 Å². The largest absolute Gasteiger partial charge is 0.491 e. The Hall–Kier alpha value is -2.83. The van der Waals surface area contributed by atoms with Gasteiger partial charge < -0.3 is 19.3 Å². The highest BCUT2D eigenvalue weighted by Crippen LogP contribution is 2.32. The third kappa shape index (κ3) is 2.41. The monoisotopic (exact) mass is 301 g/mol. The van der Waals surface area contributed by atoms with Gasteiger partial charge in [-0.2, -0.15) is 0 Å². The number of hydrogen-bond acceptors (Lipinski definition) is 4. The number of carbonyl (C=O) groups excluding carboxylic acids is 1. The van der Waals surface area contributed by atoms with Gasteiger partial charge in [0.25, 0.3) is 5.91 Å². The lowest BCUT2D eigenvalue weighted by Gasteiger charge is -2.26. The minimum atomic E-state index is -1.10. The van der Waals surface area contributed by atoms with Gasteiger partial charge in [0.05, 0.1) is 12.9 Å². The molecule has 1 amide bonds. The fourth-order valence-corrected chi connectivity index (χ4v) is 2.54. The molecule has 0 radical (unpaired) electrons. The molecular weight excluding hydrogens is 286 g/mol. The molecule has 1 aromatic carbocycles. The second kappa shape index (κ2) is 5.51. The zero-order valence-corrected chi connectivity index (χ0v) is 12.0. The standard InChI is InChI=1S/C15H15N3O4/c1-17-8-11(16-9-17)14(19)18-6-7-22-12-5-3-2-4-10(12)13(18)15(20)21/h2-5,8-9,13H,6-7H2,1H3,(H,20,21). The second-order valence-electron chi connectivity index (χ2n) is 5.05. The van der Waals surface area contributed by atoms with E-state index in [1.807, 2.05) is 0 Å². The number of hydrogen-bond donors (Lipinski definition) is 1. The van der Waals surface area contributed by atoms with Gasteiger partial charge in [-0.05, 0) is 6.07 Å². The van der Waals surface area contributed by atoms with Crippen molar-refractivity contribution in [1.82, 2.24) is 14.5 Å². The van der Waals surface area contributed by atoms with Crippen LogP contribution in [0, 0.1) is 0 Å². The van der Waals surface area contributed by atoms with Crippen LogP contribution in [0.15, 0.2) is 36.8 Å². The molecule has 1 aliphatic heterocycles. The van der Waals surface area contributed by atoms with Crippen LogP contribution < -0.4 is 4.74 Å². The molecule has 0 bridgehead atoms. The van der Waals surface area contributed by atoms with Crippen LogP contribution in [0.3, 0.4) is 0 Å². The van der Waals surface area contributed by atoms with Gasteiger partial charge in [0, 0.05) is 18.8 Å². The van der Waals surface area contributed by atoms with Gasteiger partial charge in [-0.25, -0.2) is 9.78 Å². The number of ether oxygens (including phenoxy) is 1. The molecule has 2 heterocycles. The van der Waals surface area contributed by atoms with E-state index in [2.05, 4.69) is 4.98 Å². The van der Waals surface area contributed by atoms with Crippen molar-refractivity contribution >= 4 is 11.9 Å². The normalized spacial score (nSPS) is 17.3. The highest BCUT2D eigenvalue weighted by atomic mass is 16.5. The summed E-state index contributed by atoms with van der Waals surface area (Å²) in [7, 11) is 1.75. The van der Waals surface area contributed by atoms with Crippen LogP contribution in [0.25, 0.3) is 0 Å².